The highest BCUT2D eigenvalue weighted by molar-refractivity contribution is 7.98. The summed E-state index contributed by atoms with van der Waals surface area (Å²) in [7, 11) is 0. The summed E-state index contributed by atoms with van der Waals surface area (Å²) in [6.07, 6.45) is -3.61. The number of aromatic nitrogens is 5. The molecule has 0 bridgehead atoms. The minimum Gasteiger partial charge on any atom is -0.338 e. The molecule has 0 radical (unpaired) electrons. The van der Waals surface area contributed by atoms with Gasteiger partial charge in [-0.25, -0.2) is 4.98 Å². The van der Waals surface area contributed by atoms with E-state index in [1.54, 1.807) is 0 Å². The van der Waals surface area contributed by atoms with Crippen molar-refractivity contribution < 1.29 is 17.7 Å². The Kier molecular flexibility index (Phi) is 4.56. The maximum absolute atomic E-state index is 12.5. The van der Waals surface area contributed by atoms with Crippen LogP contribution >= 0.6 is 11.8 Å². The standard InChI is InChI=1S/C14H12F3N5OS/c1-2-10-18-13(21-20-10)24-7-11-19-12(22-23-11)8-3-5-9(6-4-8)14(15,16)17/h3-6H,2,7H2,1H3,(H,18,20,21). The van der Waals surface area contributed by atoms with Crippen LogP contribution in [-0.2, 0) is 18.3 Å². The zero-order valence-corrected chi connectivity index (χ0v) is 13.3. The minimum absolute atomic E-state index is 0.239. The van der Waals surface area contributed by atoms with Crippen molar-refractivity contribution in [3.8, 4) is 11.4 Å². The Morgan fingerprint density at radius 2 is 1.92 bits per heavy atom. The van der Waals surface area contributed by atoms with Crippen molar-refractivity contribution in [2.24, 2.45) is 0 Å². The Balaban J connectivity index is 1.66. The smallest absolute Gasteiger partial charge is 0.338 e. The van der Waals surface area contributed by atoms with E-state index in [9.17, 15) is 13.2 Å². The number of aromatic amines is 1. The van der Waals surface area contributed by atoms with E-state index in [-0.39, 0.29) is 5.82 Å². The number of aryl methyl sites for hydroxylation is 1. The lowest BCUT2D eigenvalue weighted by molar-refractivity contribution is -0.137. The van der Waals surface area contributed by atoms with Crippen LogP contribution in [0.25, 0.3) is 11.4 Å². The van der Waals surface area contributed by atoms with Crippen molar-refractivity contribution >= 4 is 11.8 Å². The molecule has 0 aliphatic heterocycles. The SMILES string of the molecule is CCc1nc(SCc2nc(-c3ccc(C(F)(F)F)cc3)no2)n[nH]1. The van der Waals surface area contributed by atoms with Crippen LogP contribution in [0, 0.1) is 0 Å². The molecule has 2 aromatic heterocycles. The first-order valence-electron chi connectivity index (χ1n) is 7.00. The van der Waals surface area contributed by atoms with Crippen molar-refractivity contribution in [3.63, 3.8) is 0 Å². The fraction of sp³-hybridized carbons (Fsp3) is 0.286. The van der Waals surface area contributed by atoms with Gasteiger partial charge in [0.2, 0.25) is 16.9 Å². The first kappa shape index (κ1) is 16.5. The molecule has 0 amide bonds. The van der Waals surface area contributed by atoms with E-state index in [4.69, 9.17) is 4.52 Å². The molecule has 1 N–H and O–H groups in total. The zero-order valence-electron chi connectivity index (χ0n) is 12.5. The predicted octanol–water partition coefficient (Wildman–Crippen LogP) is 3.73. The number of hydrogen-bond acceptors (Lipinski definition) is 6. The average molecular weight is 355 g/mol. The third kappa shape index (κ3) is 3.75. The quantitative estimate of drug-likeness (QED) is 0.703. The van der Waals surface area contributed by atoms with Gasteiger partial charge in [-0.2, -0.15) is 18.2 Å². The second-order valence-electron chi connectivity index (χ2n) is 4.79. The Bertz CT molecular complexity index is 812. The van der Waals surface area contributed by atoms with Gasteiger partial charge in [0.1, 0.15) is 5.82 Å². The monoisotopic (exact) mass is 355 g/mol. The van der Waals surface area contributed by atoms with Gasteiger partial charge in [-0.15, -0.1) is 5.10 Å². The highest BCUT2D eigenvalue weighted by atomic mass is 32.2. The van der Waals surface area contributed by atoms with Crippen LogP contribution in [0.2, 0.25) is 0 Å². The Labute approximate surface area is 138 Å². The van der Waals surface area contributed by atoms with Gasteiger partial charge < -0.3 is 4.52 Å². The Morgan fingerprint density at radius 1 is 1.17 bits per heavy atom. The third-order valence-corrected chi connectivity index (χ3v) is 3.94. The van der Waals surface area contributed by atoms with Crippen molar-refractivity contribution in [1.82, 2.24) is 25.3 Å². The second-order valence-corrected chi connectivity index (χ2v) is 5.74. The van der Waals surface area contributed by atoms with E-state index in [1.165, 1.54) is 23.9 Å². The molecule has 0 saturated carbocycles. The second kappa shape index (κ2) is 6.63. The summed E-state index contributed by atoms with van der Waals surface area (Å²) in [6, 6.07) is 4.60. The number of hydrogen-bond donors (Lipinski definition) is 1. The van der Waals surface area contributed by atoms with Gasteiger partial charge in [-0.05, 0) is 12.1 Å². The third-order valence-electron chi connectivity index (χ3n) is 3.11. The average Bonchev–Trinajstić information content (AvgIpc) is 3.21. The number of thioether (sulfide) groups is 1. The fourth-order valence-corrected chi connectivity index (χ4v) is 2.52. The maximum Gasteiger partial charge on any atom is 0.416 e. The predicted molar refractivity (Wildman–Crippen MR) is 80.1 cm³/mol. The molecule has 0 atom stereocenters. The van der Waals surface area contributed by atoms with E-state index in [1.807, 2.05) is 6.92 Å². The summed E-state index contributed by atoms with van der Waals surface area (Å²) < 4.78 is 42.7. The van der Waals surface area contributed by atoms with E-state index < -0.39 is 11.7 Å². The van der Waals surface area contributed by atoms with Crippen LogP contribution in [0.15, 0.2) is 33.9 Å². The molecule has 0 fully saturated rings. The van der Waals surface area contributed by atoms with Crippen LogP contribution in [0.3, 0.4) is 0 Å². The molecular formula is C14H12F3N5OS. The summed E-state index contributed by atoms with van der Waals surface area (Å²) in [5.41, 5.74) is -0.268. The molecule has 10 heteroatoms. The topological polar surface area (TPSA) is 80.5 Å². The first-order chi connectivity index (χ1) is 11.5. The Morgan fingerprint density at radius 3 is 2.54 bits per heavy atom. The van der Waals surface area contributed by atoms with Crippen molar-refractivity contribution in [1.29, 1.82) is 0 Å². The molecule has 0 aliphatic rings. The summed E-state index contributed by atoms with van der Waals surface area (Å²) in [5, 5.41) is 11.2. The summed E-state index contributed by atoms with van der Waals surface area (Å²) in [5.74, 6) is 1.74. The van der Waals surface area contributed by atoms with Gasteiger partial charge in [0.05, 0.1) is 11.3 Å². The minimum atomic E-state index is -4.37. The molecule has 0 unspecified atom stereocenters. The molecule has 2 heterocycles. The normalized spacial score (nSPS) is 11.8. The number of benzene rings is 1. The lowest BCUT2D eigenvalue weighted by atomic mass is 10.1. The van der Waals surface area contributed by atoms with Crippen LogP contribution in [0.1, 0.15) is 24.2 Å². The van der Waals surface area contributed by atoms with Crippen molar-refractivity contribution in [3.05, 3.63) is 41.5 Å². The summed E-state index contributed by atoms with van der Waals surface area (Å²) in [6.45, 7) is 1.96. The maximum atomic E-state index is 12.5. The highest BCUT2D eigenvalue weighted by Crippen LogP contribution is 2.30. The van der Waals surface area contributed by atoms with Gasteiger partial charge in [0.25, 0.3) is 0 Å². The molecule has 24 heavy (non-hydrogen) atoms. The van der Waals surface area contributed by atoms with Crippen LogP contribution in [0.4, 0.5) is 13.2 Å². The number of halogens is 3. The van der Waals surface area contributed by atoms with E-state index in [2.05, 4.69) is 25.3 Å². The first-order valence-corrected chi connectivity index (χ1v) is 7.98. The van der Waals surface area contributed by atoms with Crippen LogP contribution in [0.5, 0.6) is 0 Å². The van der Waals surface area contributed by atoms with E-state index in [0.29, 0.717) is 22.4 Å². The molecule has 6 nitrogen and oxygen atoms in total. The van der Waals surface area contributed by atoms with Crippen LogP contribution in [-0.4, -0.2) is 25.3 Å². The zero-order chi connectivity index (χ0) is 17.2. The molecule has 0 aliphatic carbocycles. The number of H-pyrrole nitrogens is 1. The lowest BCUT2D eigenvalue weighted by Gasteiger charge is -2.05. The van der Waals surface area contributed by atoms with Crippen molar-refractivity contribution in [2.75, 3.05) is 0 Å². The fourth-order valence-electron chi connectivity index (χ4n) is 1.87. The van der Waals surface area contributed by atoms with Gasteiger partial charge in [0.15, 0.2) is 0 Å². The number of alkyl halides is 3. The lowest BCUT2D eigenvalue weighted by Crippen LogP contribution is -2.04. The van der Waals surface area contributed by atoms with Gasteiger partial charge in [0, 0.05) is 12.0 Å². The summed E-state index contributed by atoms with van der Waals surface area (Å²) >= 11 is 1.33. The molecule has 3 rings (SSSR count). The van der Waals surface area contributed by atoms with Gasteiger partial charge in [-0.3, -0.25) is 5.10 Å². The van der Waals surface area contributed by atoms with E-state index >= 15 is 0 Å². The van der Waals surface area contributed by atoms with E-state index in [0.717, 1.165) is 24.4 Å². The van der Waals surface area contributed by atoms with Crippen LogP contribution < -0.4 is 0 Å². The summed E-state index contributed by atoms with van der Waals surface area (Å²) in [4.78, 5) is 8.41. The molecule has 0 spiro atoms. The Hall–Kier alpha value is -2.36. The molecule has 0 saturated heterocycles. The van der Waals surface area contributed by atoms with Gasteiger partial charge >= 0.3 is 6.18 Å². The van der Waals surface area contributed by atoms with Gasteiger partial charge in [-0.1, -0.05) is 36.0 Å². The number of nitrogens with zero attached hydrogens (tertiary/aromatic N) is 4. The molecular weight excluding hydrogens is 343 g/mol. The highest BCUT2D eigenvalue weighted by Gasteiger charge is 2.30. The molecule has 1 aromatic carbocycles. The number of nitrogens with one attached hydrogen (secondary N) is 1. The number of rotatable bonds is 5. The molecule has 3 aromatic rings. The largest absolute Gasteiger partial charge is 0.416 e. The van der Waals surface area contributed by atoms with Crippen molar-refractivity contribution in [2.45, 2.75) is 30.4 Å². The molecule has 126 valence electrons.